The van der Waals surface area contributed by atoms with E-state index in [1.165, 1.54) is 0 Å². The predicted octanol–water partition coefficient (Wildman–Crippen LogP) is 8.70. The molecule has 362 valence electrons. The van der Waals surface area contributed by atoms with Gasteiger partial charge in [-0.1, -0.05) is 61.4 Å². The number of aromatic amines is 2. The lowest BCUT2D eigenvalue weighted by molar-refractivity contribution is -0.144. The van der Waals surface area contributed by atoms with Crippen LogP contribution in [0.5, 0.6) is 0 Å². The van der Waals surface area contributed by atoms with E-state index in [2.05, 4.69) is 44.9 Å². The van der Waals surface area contributed by atoms with Gasteiger partial charge in [-0.25, -0.2) is 19.6 Å². The highest BCUT2D eigenvalue weighted by atomic mass is 16.5. The van der Waals surface area contributed by atoms with Gasteiger partial charge in [0.1, 0.15) is 23.7 Å². The van der Waals surface area contributed by atoms with Crippen LogP contribution in [-0.2, 0) is 19.1 Å². The maximum atomic E-state index is 14.5. The summed E-state index contributed by atoms with van der Waals surface area (Å²) in [7, 11) is 0. The Morgan fingerprint density at radius 1 is 0.574 bits per heavy atom. The number of hydrogen-bond acceptors (Lipinski definition) is 8. The van der Waals surface area contributed by atoms with Crippen molar-refractivity contribution in [2.45, 2.75) is 165 Å². The summed E-state index contributed by atoms with van der Waals surface area (Å²) in [6.45, 7) is 8.11. The molecule has 4 aliphatic heterocycles. The fourth-order valence-corrected chi connectivity index (χ4v) is 13.3. The van der Waals surface area contributed by atoms with E-state index in [-0.39, 0.29) is 84.1 Å². The lowest BCUT2D eigenvalue weighted by Crippen LogP contribution is -2.57. The summed E-state index contributed by atoms with van der Waals surface area (Å²) in [5.74, 6) is 1.07. The number of nitrogens with one attached hydrogen (secondary N) is 4. The maximum absolute atomic E-state index is 14.5. The van der Waals surface area contributed by atoms with E-state index in [9.17, 15) is 29.4 Å². The molecule has 6 N–H and O–H groups in total. The fourth-order valence-electron chi connectivity index (χ4n) is 13.3. The number of hydrogen-bond donors (Lipinski definition) is 6. The number of imidazole rings is 2. The molecule has 0 unspecified atom stereocenters. The van der Waals surface area contributed by atoms with Crippen molar-refractivity contribution in [3.8, 4) is 33.6 Å². The van der Waals surface area contributed by atoms with Crippen molar-refractivity contribution in [3.05, 3.63) is 72.6 Å². The maximum Gasteiger partial charge on any atom is 0.405 e. The number of ether oxygens (including phenoxy) is 2. The van der Waals surface area contributed by atoms with E-state index < -0.39 is 24.3 Å². The quantitative estimate of drug-likeness (QED) is 0.0841. The lowest BCUT2D eigenvalue weighted by Gasteiger charge is -2.42. The number of nitrogens with zero attached hydrogens (tertiary/aromatic N) is 4. The predicted molar refractivity (Wildman–Crippen MR) is 253 cm³/mol. The molecule has 4 amide bonds. The van der Waals surface area contributed by atoms with Crippen LogP contribution in [0.15, 0.2) is 60.9 Å². The molecule has 68 heavy (non-hydrogen) atoms. The minimum atomic E-state index is -1.19. The van der Waals surface area contributed by atoms with Gasteiger partial charge in [-0.05, 0) is 127 Å². The highest BCUT2D eigenvalue weighted by molar-refractivity contribution is 5.87. The smallest absolute Gasteiger partial charge is 0.405 e. The first kappa shape index (κ1) is 46.0. The average molecular weight is 931 g/mol. The van der Waals surface area contributed by atoms with Crippen LogP contribution in [0.4, 0.5) is 9.59 Å². The fraction of sp³-hybridized carbons (Fsp3) is 0.577. The average Bonchev–Trinajstić information content (AvgIpc) is 4.19. The summed E-state index contributed by atoms with van der Waals surface area (Å²) in [6, 6.07) is 14.0. The number of carbonyl (C=O) groups excluding carboxylic acids is 2. The molecule has 0 bridgehead atoms. The first-order valence-electron chi connectivity index (χ1n) is 25.1. The molecular weight excluding hydrogens is 865 g/mol. The van der Waals surface area contributed by atoms with Crippen molar-refractivity contribution in [2.75, 3.05) is 0 Å². The molecular formula is C52H66N8O8. The van der Waals surface area contributed by atoms with Gasteiger partial charge in [-0.3, -0.25) is 9.59 Å². The van der Waals surface area contributed by atoms with Crippen LogP contribution in [0.25, 0.3) is 33.6 Å². The zero-order chi connectivity index (χ0) is 47.4. The number of benzene rings is 2. The first-order valence-corrected chi connectivity index (χ1v) is 25.1. The minimum Gasteiger partial charge on any atom is -0.465 e. The Morgan fingerprint density at radius 2 is 0.956 bits per heavy atom. The molecule has 0 radical (unpaired) electrons. The summed E-state index contributed by atoms with van der Waals surface area (Å²) in [5.41, 5.74) is 5.46. The van der Waals surface area contributed by atoms with Gasteiger partial charge in [0.15, 0.2) is 0 Å². The van der Waals surface area contributed by atoms with Crippen molar-refractivity contribution < 1.29 is 38.9 Å². The van der Waals surface area contributed by atoms with E-state index in [0.717, 1.165) is 97.8 Å². The van der Waals surface area contributed by atoms with Crippen LogP contribution < -0.4 is 10.6 Å². The molecule has 2 aliphatic carbocycles. The van der Waals surface area contributed by atoms with Gasteiger partial charge in [0.2, 0.25) is 11.8 Å². The van der Waals surface area contributed by atoms with Gasteiger partial charge in [0, 0.05) is 35.6 Å². The molecule has 2 saturated carbocycles. The van der Waals surface area contributed by atoms with Gasteiger partial charge >= 0.3 is 12.2 Å². The van der Waals surface area contributed by atoms with Gasteiger partial charge in [0.25, 0.3) is 0 Å². The van der Waals surface area contributed by atoms with E-state index in [4.69, 9.17) is 19.4 Å². The molecule has 0 spiro atoms. The second-order valence-corrected chi connectivity index (χ2v) is 20.7. The van der Waals surface area contributed by atoms with Crippen LogP contribution >= 0.6 is 0 Å². The monoisotopic (exact) mass is 931 g/mol. The van der Waals surface area contributed by atoms with E-state index in [1.807, 2.05) is 74.2 Å². The molecule has 2 aromatic heterocycles. The minimum absolute atomic E-state index is 0.0385. The summed E-state index contributed by atoms with van der Waals surface area (Å²) >= 11 is 0. The third-order valence-corrected chi connectivity index (χ3v) is 16.4. The Labute approximate surface area is 397 Å². The van der Waals surface area contributed by atoms with Crippen molar-refractivity contribution in [3.63, 3.8) is 0 Å². The Balaban J connectivity index is 0.809. The molecule has 6 heterocycles. The van der Waals surface area contributed by atoms with Gasteiger partial charge in [-0.2, -0.15) is 0 Å². The summed E-state index contributed by atoms with van der Waals surface area (Å²) in [4.78, 5) is 73.8. The summed E-state index contributed by atoms with van der Waals surface area (Å²) in [5, 5.41) is 25.2. The lowest BCUT2D eigenvalue weighted by atomic mass is 9.77. The Bertz CT molecular complexity index is 2300. The topological polar surface area (TPSA) is 215 Å². The molecule has 6 fully saturated rings. The highest BCUT2D eigenvalue weighted by Gasteiger charge is 2.51. The number of carboxylic acid groups (broad SMARTS) is 2. The SMILES string of the molecule is C[C@@H]1C[C@H]([C@H](NC(=O)O)C(=O)N2[C@@H](C)CC[C@H]2c2nc(-c3ccc(-c4ccc(-c5c[nH]c([C@@H]6CC[C@H](C)N6C(=O)[C@@H](NC(=O)O)[C@H]6C[C@@H](C)O[C@H]7CCC[C@@H]67)n5)cc4)cc3)c[nH]2)[C@@H]2CCC[C@@H]2O1. The Morgan fingerprint density at radius 3 is 1.34 bits per heavy atom. The van der Waals surface area contributed by atoms with Crippen LogP contribution in [-0.4, -0.2) is 113 Å². The third-order valence-electron chi connectivity index (χ3n) is 16.4. The Hall–Kier alpha value is -5.74. The zero-order valence-electron chi connectivity index (χ0n) is 39.5. The summed E-state index contributed by atoms with van der Waals surface area (Å²) < 4.78 is 12.5. The molecule has 10 rings (SSSR count). The van der Waals surface area contributed by atoms with Crippen molar-refractivity contribution in [2.24, 2.45) is 23.7 Å². The van der Waals surface area contributed by atoms with Crippen molar-refractivity contribution >= 4 is 24.0 Å². The van der Waals surface area contributed by atoms with Crippen LogP contribution in [0, 0.1) is 23.7 Å². The normalized spacial score (nSPS) is 32.1. The van der Waals surface area contributed by atoms with E-state index in [1.54, 1.807) is 0 Å². The molecule has 6 aliphatic rings. The van der Waals surface area contributed by atoms with Crippen molar-refractivity contribution in [1.82, 2.24) is 40.4 Å². The molecule has 16 nitrogen and oxygen atoms in total. The number of rotatable bonds is 11. The van der Waals surface area contributed by atoms with Crippen LogP contribution in [0.3, 0.4) is 0 Å². The number of fused-ring (bicyclic) bond motifs is 2. The number of likely N-dealkylation sites (tertiary alicyclic amines) is 2. The van der Waals surface area contributed by atoms with Gasteiger partial charge < -0.3 is 50.1 Å². The number of amides is 4. The Kier molecular flexibility index (Phi) is 12.8. The highest BCUT2D eigenvalue weighted by Crippen LogP contribution is 2.46. The number of carbonyl (C=O) groups is 4. The number of H-pyrrole nitrogens is 2. The molecule has 16 heteroatoms. The largest absolute Gasteiger partial charge is 0.465 e. The number of aromatic nitrogens is 4. The second-order valence-electron chi connectivity index (χ2n) is 20.7. The van der Waals surface area contributed by atoms with Gasteiger partial charge in [0.05, 0.1) is 47.9 Å². The first-order chi connectivity index (χ1) is 32.8. The van der Waals surface area contributed by atoms with E-state index >= 15 is 0 Å². The van der Waals surface area contributed by atoms with Crippen LogP contribution in [0.1, 0.15) is 128 Å². The molecule has 4 aromatic rings. The standard InChI is InChI=1S/C52H66N8O8/c1-27-11-21-41(59(27)49(61)45(57-51(63)64)37-23-29(3)67-43-9-5-7-35(37)43)47-53-25-39(55-47)33-17-13-31(14-18-33)32-15-19-34(20-16-32)40-26-54-48(56-40)42-22-12-28(2)60(42)50(62)46(58-52(65)66)38-24-30(4)68-44-10-6-8-36(38)44/h13-20,25-30,35-38,41-46,57-58H,5-12,21-24H2,1-4H3,(H,53,55)(H,54,56)(H,63,64)(H,65,66)/t27-,28-,29+,30+,35-,36-,37-,38-,41-,42-,43-,44-,45-,46-/m0/s1. The molecule has 2 aromatic carbocycles. The zero-order valence-corrected chi connectivity index (χ0v) is 39.5. The molecule has 14 atom stereocenters. The van der Waals surface area contributed by atoms with Crippen molar-refractivity contribution in [1.29, 1.82) is 0 Å². The molecule has 4 saturated heterocycles. The van der Waals surface area contributed by atoms with Crippen LogP contribution in [0.2, 0.25) is 0 Å². The second kappa shape index (κ2) is 19.0. The van der Waals surface area contributed by atoms with E-state index in [0.29, 0.717) is 24.5 Å². The summed E-state index contributed by atoms with van der Waals surface area (Å²) in [6.07, 6.45) is 11.6. The third kappa shape index (κ3) is 8.89. The van der Waals surface area contributed by atoms with Gasteiger partial charge in [-0.15, -0.1) is 0 Å².